The van der Waals surface area contributed by atoms with E-state index in [9.17, 15) is 13.2 Å². The third-order valence-electron chi connectivity index (χ3n) is 2.99. The van der Waals surface area contributed by atoms with E-state index in [-0.39, 0.29) is 16.1 Å². The first-order chi connectivity index (χ1) is 10.2. The van der Waals surface area contributed by atoms with Crippen molar-refractivity contribution in [2.45, 2.75) is 11.8 Å². The van der Waals surface area contributed by atoms with Gasteiger partial charge in [0.2, 0.25) is 0 Å². The second-order valence-corrected chi connectivity index (χ2v) is 7.88. The average Bonchev–Trinajstić information content (AvgIpc) is 2.43. The highest BCUT2D eigenvalue weighted by Crippen LogP contribution is 2.28. The zero-order valence-corrected chi connectivity index (χ0v) is 15.3. The van der Waals surface area contributed by atoms with Crippen LogP contribution in [0.4, 0.5) is 5.69 Å². The van der Waals surface area contributed by atoms with Gasteiger partial charge in [-0.05, 0) is 58.7 Å². The van der Waals surface area contributed by atoms with Gasteiger partial charge in [-0.1, -0.05) is 22.0 Å². The van der Waals surface area contributed by atoms with Crippen LogP contribution in [0.3, 0.4) is 0 Å². The van der Waals surface area contributed by atoms with E-state index in [2.05, 4.69) is 36.6 Å². The quantitative estimate of drug-likeness (QED) is 0.739. The van der Waals surface area contributed by atoms with Crippen molar-refractivity contribution in [3.8, 4) is 0 Å². The standard InChI is InChI=1S/C14H11Br2NO4S/c1-8-10(14(18)19)3-2-4-12(8)17-22(20,21)13-7-9(15)5-6-11(13)16/h2-7,17H,1H3,(H,18,19). The summed E-state index contributed by atoms with van der Waals surface area (Å²) in [6.07, 6.45) is 0. The predicted octanol–water partition coefficient (Wildman–Crippen LogP) is 4.02. The first-order valence-corrected chi connectivity index (χ1v) is 9.10. The van der Waals surface area contributed by atoms with Gasteiger partial charge in [0.1, 0.15) is 4.90 Å². The van der Waals surface area contributed by atoms with Gasteiger partial charge in [-0.2, -0.15) is 0 Å². The number of aromatic carboxylic acids is 1. The summed E-state index contributed by atoms with van der Waals surface area (Å²) >= 11 is 6.43. The van der Waals surface area contributed by atoms with Gasteiger partial charge in [0.25, 0.3) is 10.0 Å². The highest BCUT2D eigenvalue weighted by Gasteiger charge is 2.20. The van der Waals surface area contributed by atoms with Crippen LogP contribution in [-0.4, -0.2) is 19.5 Å². The third kappa shape index (κ3) is 3.50. The van der Waals surface area contributed by atoms with Crippen molar-refractivity contribution in [1.82, 2.24) is 0 Å². The zero-order valence-electron chi connectivity index (χ0n) is 11.3. The maximum atomic E-state index is 12.5. The van der Waals surface area contributed by atoms with Gasteiger partial charge in [-0.3, -0.25) is 4.72 Å². The summed E-state index contributed by atoms with van der Waals surface area (Å²) in [5.74, 6) is -1.11. The Morgan fingerprint density at radius 1 is 1.18 bits per heavy atom. The van der Waals surface area contributed by atoms with Gasteiger partial charge < -0.3 is 5.11 Å². The van der Waals surface area contributed by atoms with E-state index in [1.54, 1.807) is 19.1 Å². The fourth-order valence-corrected chi connectivity index (χ4v) is 4.49. The minimum Gasteiger partial charge on any atom is -0.478 e. The number of benzene rings is 2. The Morgan fingerprint density at radius 3 is 2.50 bits per heavy atom. The molecule has 0 aromatic heterocycles. The van der Waals surface area contributed by atoms with E-state index in [1.165, 1.54) is 24.3 Å². The summed E-state index contributed by atoms with van der Waals surface area (Å²) in [6, 6.07) is 9.21. The van der Waals surface area contributed by atoms with Crippen LogP contribution in [-0.2, 0) is 10.0 Å². The molecule has 0 aliphatic rings. The van der Waals surface area contributed by atoms with Crippen molar-refractivity contribution in [3.05, 3.63) is 56.5 Å². The van der Waals surface area contributed by atoms with Crippen molar-refractivity contribution in [3.63, 3.8) is 0 Å². The Morgan fingerprint density at radius 2 is 1.86 bits per heavy atom. The van der Waals surface area contributed by atoms with Gasteiger partial charge in [-0.25, -0.2) is 13.2 Å². The molecule has 5 nitrogen and oxygen atoms in total. The molecule has 0 spiro atoms. The molecule has 22 heavy (non-hydrogen) atoms. The van der Waals surface area contributed by atoms with Crippen LogP contribution in [0.25, 0.3) is 0 Å². The SMILES string of the molecule is Cc1c(NS(=O)(=O)c2cc(Br)ccc2Br)cccc1C(=O)O. The molecular weight excluding hydrogens is 438 g/mol. The van der Waals surface area contributed by atoms with Gasteiger partial charge in [-0.15, -0.1) is 0 Å². The number of halogens is 2. The summed E-state index contributed by atoms with van der Waals surface area (Å²) in [7, 11) is -3.85. The molecule has 0 heterocycles. The Kier molecular flexibility index (Phi) is 4.93. The molecule has 0 radical (unpaired) electrons. The van der Waals surface area contributed by atoms with E-state index in [0.717, 1.165) is 0 Å². The molecule has 8 heteroatoms. The number of nitrogens with one attached hydrogen (secondary N) is 1. The molecule has 0 aliphatic carbocycles. The Bertz CT molecular complexity index is 850. The molecule has 116 valence electrons. The number of anilines is 1. The van der Waals surface area contributed by atoms with Gasteiger partial charge >= 0.3 is 5.97 Å². The van der Waals surface area contributed by atoms with E-state index >= 15 is 0 Å². The first kappa shape index (κ1) is 17.0. The molecule has 2 rings (SSSR count). The van der Waals surface area contributed by atoms with E-state index in [1.807, 2.05) is 0 Å². The Labute approximate surface area is 144 Å². The van der Waals surface area contributed by atoms with E-state index in [0.29, 0.717) is 14.5 Å². The molecule has 2 aromatic rings. The zero-order chi connectivity index (χ0) is 16.5. The topological polar surface area (TPSA) is 83.5 Å². The number of carboxylic acids is 1. The number of hydrogen-bond donors (Lipinski definition) is 2. The third-order valence-corrected chi connectivity index (χ3v) is 5.84. The molecular formula is C14H11Br2NO4S. The number of sulfonamides is 1. The number of carbonyl (C=O) groups is 1. The molecule has 2 aromatic carbocycles. The van der Waals surface area contributed by atoms with Crippen LogP contribution < -0.4 is 4.72 Å². The highest BCUT2D eigenvalue weighted by atomic mass is 79.9. The highest BCUT2D eigenvalue weighted by molar-refractivity contribution is 9.11. The maximum Gasteiger partial charge on any atom is 0.336 e. The first-order valence-electron chi connectivity index (χ1n) is 6.03. The summed E-state index contributed by atoms with van der Waals surface area (Å²) in [6.45, 7) is 1.55. The van der Waals surface area contributed by atoms with Crippen molar-refractivity contribution in [2.24, 2.45) is 0 Å². The van der Waals surface area contributed by atoms with Gasteiger partial charge in [0.05, 0.1) is 11.3 Å². The minimum absolute atomic E-state index is 0.0495. The van der Waals surface area contributed by atoms with Crippen molar-refractivity contribution < 1.29 is 18.3 Å². The van der Waals surface area contributed by atoms with Crippen LogP contribution in [0.2, 0.25) is 0 Å². The molecule has 0 amide bonds. The lowest BCUT2D eigenvalue weighted by Crippen LogP contribution is -2.15. The van der Waals surface area contributed by atoms with Crippen LogP contribution in [0.1, 0.15) is 15.9 Å². The van der Waals surface area contributed by atoms with E-state index < -0.39 is 16.0 Å². The summed E-state index contributed by atoms with van der Waals surface area (Å²) in [5.41, 5.74) is 0.630. The second kappa shape index (κ2) is 6.39. The largest absolute Gasteiger partial charge is 0.478 e. The monoisotopic (exact) mass is 447 g/mol. The average molecular weight is 449 g/mol. The molecule has 0 atom stereocenters. The van der Waals surface area contributed by atoms with Crippen LogP contribution in [0.5, 0.6) is 0 Å². The molecule has 2 N–H and O–H groups in total. The molecule has 0 saturated carbocycles. The van der Waals surface area contributed by atoms with E-state index in [4.69, 9.17) is 5.11 Å². The summed E-state index contributed by atoms with van der Waals surface area (Å²) in [4.78, 5) is 11.2. The second-order valence-electron chi connectivity index (χ2n) is 4.46. The lowest BCUT2D eigenvalue weighted by Gasteiger charge is -2.13. The fraction of sp³-hybridized carbons (Fsp3) is 0.0714. The number of rotatable bonds is 4. The molecule has 0 fully saturated rings. The summed E-state index contributed by atoms with van der Waals surface area (Å²) in [5, 5.41) is 9.10. The molecule has 0 saturated heterocycles. The minimum atomic E-state index is -3.85. The summed E-state index contributed by atoms with van der Waals surface area (Å²) < 4.78 is 28.5. The van der Waals surface area contributed by atoms with Crippen molar-refractivity contribution in [1.29, 1.82) is 0 Å². The van der Waals surface area contributed by atoms with Crippen LogP contribution in [0, 0.1) is 6.92 Å². The predicted molar refractivity (Wildman–Crippen MR) is 90.8 cm³/mol. The molecule has 0 bridgehead atoms. The molecule has 0 unspecified atom stereocenters. The number of hydrogen-bond acceptors (Lipinski definition) is 3. The van der Waals surface area contributed by atoms with Gasteiger partial charge in [0.15, 0.2) is 0 Å². The van der Waals surface area contributed by atoms with Crippen LogP contribution >= 0.6 is 31.9 Å². The Hall–Kier alpha value is -1.38. The number of carboxylic acid groups (broad SMARTS) is 1. The maximum absolute atomic E-state index is 12.5. The fourth-order valence-electron chi connectivity index (χ4n) is 1.86. The van der Waals surface area contributed by atoms with Crippen LogP contribution in [0.15, 0.2) is 50.2 Å². The lowest BCUT2D eigenvalue weighted by atomic mass is 10.1. The molecule has 0 aliphatic heterocycles. The van der Waals surface area contributed by atoms with Crippen molar-refractivity contribution in [2.75, 3.05) is 4.72 Å². The normalized spacial score (nSPS) is 11.2. The smallest absolute Gasteiger partial charge is 0.336 e. The van der Waals surface area contributed by atoms with Gasteiger partial charge in [0, 0.05) is 8.95 Å². The Balaban J connectivity index is 2.48. The lowest BCUT2D eigenvalue weighted by molar-refractivity contribution is 0.0696. The van der Waals surface area contributed by atoms with Crippen molar-refractivity contribution >= 4 is 53.5 Å².